The van der Waals surface area contributed by atoms with Gasteiger partial charge in [0.05, 0.1) is 12.0 Å². The molecule has 2 N–H and O–H groups in total. The summed E-state index contributed by atoms with van der Waals surface area (Å²) in [5.74, 6) is 0.314. The van der Waals surface area contributed by atoms with Crippen molar-refractivity contribution in [2.24, 2.45) is 5.41 Å². The van der Waals surface area contributed by atoms with Gasteiger partial charge in [0.2, 0.25) is 0 Å². The maximum absolute atomic E-state index is 12.0. The molecule has 0 aliphatic carbocycles. The largest absolute Gasteiger partial charge is 0.465 e. The number of carbonyl (C=O) groups is 1. The van der Waals surface area contributed by atoms with Gasteiger partial charge in [-0.2, -0.15) is 0 Å². The molecule has 1 heterocycles. The van der Waals surface area contributed by atoms with Crippen molar-refractivity contribution in [3.63, 3.8) is 0 Å². The van der Waals surface area contributed by atoms with E-state index in [-0.39, 0.29) is 5.97 Å². The Labute approximate surface area is 109 Å². The average Bonchev–Trinajstić information content (AvgIpc) is 2.28. The Morgan fingerprint density at radius 2 is 2.22 bits per heavy atom. The molecule has 100 valence electrons. The number of hydrogen-bond acceptors (Lipinski definition) is 4. The predicted molar refractivity (Wildman–Crippen MR) is 72.0 cm³/mol. The second-order valence-corrected chi connectivity index (χ2v) is 5.14. The van der Waals surface area contributed by atoms with E-state index in [4.69, 9.17) is 10.5 Å². The van der Waals surface area contributed by atoms with Crippen LogP contribution in [0.1, 0.15) is 39.2 Å². The van der Waals surface area contributed by atoms with Crippen molar-refractivity contribution in [3.05, 3.63) is 23.9 Å². The summed E-state index contributed by atoms with van der Waals surface area (Å²) < 4.78 is 5.26. The molecular formula is C14H22N2O2. The van der Waals surface area contributed by atoms with E-state index in [1.807, 2.05) is 19.9 Å². The van der Waals surface area contributed by atoms with Gasteiger partial charge in [0, 0.05) is 6.20 Å². The topological polar surface area (TPSA) is 65.2 Å². The number of hydrogen-bond donors (Lipinski definition) is 1. The molecule has 4 nitrogen and oxygen atoms in total. The van der Waals surface area contributed by atoms with Gasteiger partial charge in [0.1, 0.15) is 5.82 Å². The first-order valence-electron chi connectivity index (χ1n) is 6.33. The summed E-state index contributed by atoms with van der Waals surface area (Å²) in [4.78, 5) is 15.9. The summed E-state index contributed by atoms with van der Waals surface area (Å²) in [7, 11) is 0. The third-order valence-electron chi connectivity index (χ3n) is 2.78. The van der Waals surface area contributed by atoms with E-state index in [1.54, 1.807) is 12.3 Å². The van der Waals surface area contributed by atoms with Crippen LogP contribution >= 0.6 is 0 Å². The molecule has 0 spiro atoms. The van der Waals surface area contributed by atoms with Crippen LogP contribution in [0.3, 0.4) is 0 Å². The molecule has 0 aliphatic rings. The second-order valence-electron chi connectivity index (χ2n) is 5.14. The van der Waals surface area contributed by atoms with Crippen LogP contribution in [0.4, 0.5) is 5.82 Å². The first-order chi connectivity index (χ1) is 8.45. The molecule has 0 radical (unpaired) electrons. The van der Waals surface area contributed by atoms with Gasteiger partial charge in [-0.1, -0.05) is 13.3 Å². The van der Waals surface area contributed by atoms with Crippen molar-refractivity contribution in [2.75, 3.05) is 12.3 Å². The first-order valence-corrected chi connectivity index (χ1v) is 6.33. The van der Waals surface area contributed by atoms with Gasteiger partial charge in [0.25, 0.3) is 0 Å². The quantitative estimate of drug-likeness (QED) is 0.622. The van der Waals surface area contributed by atoms with Crippen LogP contribution < -0.4 is 5.73 Å². The van der Waals surface area contributed by atoms with Crippen molar-refractivity contribution in [1.82, 2.24) is 4.98 Å². The van der Waals surface area contributed by atoms with Crippen LogP contribution in [-0.2, 0) is 16.0 Å². The Morgan fingerprint density at radius 3 is 2.83 bits per heavy atom. The summed E-state index contributed by atoms with van der Waals surface area (Å²) in [5.41, 5.74) is 6.08. The highest BCUT2D eigenvalue weighted by molar-refractivity contribution is 5.76. The monoisotopic (exact) mass is 250 g/mol. The fraction of sp³-hybridized carbons (Fsp3) is 0.571. The third-order valence-corrected chi connectivity index (χ3v) is 2.78. The van der Waals surface area contributed by atoms with E-state index >= 15 is 0 Å². The van der Waals surface area contributed by atoms with Crippen LogP contribution in [0.15, 0.2) is 18.3 Å². The third kappa shape index (κ3) is 4.35. The second kappa shape index (κ2) is 6.38. The molecule has 0 saturated heterocycles. The van der Waals surface area contributed by atoms with Crippen molar-refractivity contribution < 1.29 is 9.53 Å². The summed E-state index contributed by atoms with van der Waals surface area (Å²) >= 11 is 0. The van der Waals surface area contributed by atoms with Crippen molar-refractivity contribution in [3.8, 4) is 0 Å². The number of carbonyl (C=O) groups excluding carboxylic acids is 1. The number of aromatic nitrogens is 1. The van der Waals surface area contributed by atoms with Crippen molar-refractivity contribution in [2.45, 2.75) is 40.0 Å². The molecule has 4 heteroatoms. The standard InChI is InChI=1S/C14H22N2O2/c1-4-5-8-18-13(17)14(2,3)10-11-6-7-16-12(15)9-11/h6-7,9H,4-5,8,10H2,1-3H3,(H2,15,16). The van der Waals surface area contributed by atoms with Gasteiger partial charge in [-0.25, -0.2) is 4.98 Å². The van der Waals surface area contributed by atoms with Crippen molar-refractivity contribution in [1.29, 1.82) is 0 Å². The zero-order chi connectivity index (χ0) is 13.6. The molecule has 0 bridgehead atoms. The number of nitrogens with two attached hydrogens (primary N) is 1. The number of ether oxygens (including phenoxy) is 1. The molecule has 1 rings (SSSR count). The lowest BCUT2D eigenvalue weighted by molar-refractivity contribution is -0.154. The highest BCUT2D eigenvalue weighted by Gasteiger charge is 2.29. The smallest absolute Gasteiger partial charge is 0.311 e. The van der Waals surface area contributed by atoms with Crippen LogP contribution in [0, 0.1) is 5.41 Å². The summed E-state index contributed by atoms with van der Waals surface area (Å²) in [6.07, 6.45) is 4.19. The molecule has 0 fully saturated rings. The Balaban J connectivity index is 2.60. The fourth-order valence-corrected chi connectivity index (χ4v) is 1.69. The summed E-state index contributed by atoms with van der Waals surface area (Å²) in [6.45, 7) is 6.34. The minimum Gasteiger partial charge on any atom is -0.465 e. The lowest BCUT2D eigenvalue weighted by Gasteiger charge is -2.22. The van der Waals surface area contributed by atoms with E-state index in [0.717, 1.165) is 18.4 Å². The molecule has 0 atom stereocenters. The van der Waals surface area contributed by atoms with Gasteiger partial charge in [-0.3, -0.25) is 4.79 Å². The highest BCUT2D eigenvalue weighted by Crippen LogP contribution is 2.24. The maximum atomic E-state index is 12.0. The van der Waals surface area contributed by atoms with Gasteiger partial charge in [-0.05, 0) is 44.4 Å². The van der Waals surface area contributed by atoms with E-state index in [2.05, 4.69) is 11.9 Å². The molecule has 1 aromatic heterocycles. The minimum atomic E-state index is -0.540. The number of pyridine rings is 1. The number of nitrogen functional groups attached to an aromatic ring is 1. The first kappa shape index (κ1) is 14.5. The SMILES string of the molecule is CCCCOC(=O)C(C)(C)Cc1ccnc(N)c1. The lowest BCUT2D eigenvalue weighted by atomic mass is 9.86. The maximum Gasteiger partial charge on any atom is 0.311 e. The van der Waals surface area contributed by atoms with Crippen molar-refractivity contribution >= 4 is 11.8 Å². The molecule has 0 unspecified atom stereocenters. The average molecular weight is 250 g/mol. The number of esters is 1. The van der Waals surface area contributed by atoms with Gasteiger partial charge in [0.15, 0.2) is 0 Å². The number of nitrogens with zero attached hydrogens (tertiary/aromatic N) is 1. The zero-order valence-electron chi connectivity index (χ0n) is 11.4. The molecule has 0 amide bonds. The van der Waals surface area contributed by atoms with E-state index in [1.165, 1.54) is 0 Å². The van der Waals surface area contributed by atoms with E-state index in [0.29, 0.717) is 18.8 Å². The van der Waals surface area contributed by atoms with Crippen LogP contribution in [0.2, 0.25) is 0 Å². The Bertz CT molecular complexity index is 403. The molecule has 1 aromatic rings. The highest BCUT2D eigenvalue weighted by atomic mass is 16.5. The van der Waals surface area contributed by atoms with E-state index < -0.39 is 5.41 Å². The fourth-order valence-electron chi connectivity index (χ4n) is 1.69. The lowest BCUT2D eigenvalue weighted by Crippen LogP contribution is -2.29. The van der Waals surface area contributed by atoms with E-state index in [9.17, 15) is 4.79 Å². The van der Waals surface area contributed by atoms with Crippen LogP contribution in [0.5, 0.6) is 0 Å². The van der Waals surface area contributed by atoms with Gasteiger partial charge < -0.3 is 10.5 Å². The number of unbranched alkanes of at least 4 members (excludes halogenated alkanes) is 1. The molecule has 0 saturated carbocycles. The summed E-state index contributed by atoms with van der Waals surface area (Å²) in [6, 6.07) is 3.67. The molecule has 0 aromatic carbocycles. The minimum absolute atomic E-state index is 0.161. The predicted octanol–water partition coefficient (Wildman–Crippen LogP) is 2.58. The Kier molecular flexibility index (Phi) is 5.13. The van der Waals surface area contributed by atoms with Gasteiger partial charge >= 0.3 is 5.97 Å². The Morgan fingerprint density at radius 1 is 1.50 bits per heavy atom. The van der Waals surface area contributed by atoms with Gasteiger partial charge in [-0.15, -0.1) is 0 Å². The molecular weight excluding hydrogens is 228 g/mol. The summed E-state index contributed by atoms with van der Waals surface area (Å²) in [5, 5.41) is 0. The van der Waals surface area contributed by atoms with Crippen LogP contribution in [-0.4, -0.2) is 17.6 Å². The number of rotatable bonds is 6. The number of anilines is 1. The molecule has 0 aliphatic heterocycles. The molecule has 18 heavy (non-hydrogen) atoms. The van der Waals surface area contributed by atoms with Crippen LogP contribution in [0.25, 0.3) is 0 Å². The zero-order valence-corrected chi connectivity index (χ0v) is 11.4. The Hall–Kier alpha value is -1.58. The normalized spacial score (nSPS) is 11.3.